The summed E-state index contributed by atoms with van der Waals surface area (Å²) in [6.07, 6.45) is -0.715. The lowest BCUT2D eigenvalue weighted by Gasteiger charge is -2.13. The third-order valence-corrected chi connectivity index (χ3v) is 4.60. The lowest BCUT2D eigenvalue weighted by atomic mass is 10.1. The van der Waals surface area contributed by atoms with Gasteiger partial charge in [0.1, 0.15) is 35.8 Å². The lowest BCUT2D eigenvalue weighted by Crippen LogP contribution is -2.31. The van der Waals surface area contributed by atoms with Crippen LogP contribution in [0.3, 0.4) is 0 Å². The van der Waals surface area contributed by atoms with Crippen LogP contribution in [0.5, 0.6) is 5.75 Å². The van der Waals surface area contributed by atoms with E-state index in [1.54, 1.807) is 24.3 Å². The Morgan fingerprint density at radius 1 is 1.00 bits per heavy atom. The Labute approximate surface area is 171 Å². The molecule has 30 heavy (non-hydrogen) atoms. The highest BCUT2D eigenvalue weighted by atomic mass is 19.1. The number of aliphatic hydroxyl groups excluding tert-OH is 1. The number of hydrogen-bond donors (Lipinski definition) is 2. The monoisotopic (exact) mass is 410 g/mol. The van der Waals surface area contributed by atoms with E-state index >= 15 is 0 Å². The number of rotatable bonds is 8. The summed E-state index contributed by atoms with van der Waals surface area (Å²) in [6.45, 7) is 0.886. The zero-order chi connectivity index (χ0) is 20.9. The van der Waals surface area contributed by atoms with Crippen molar-refractivity contribution in [1.82, 2.24) is 10.5 Å². The van der Waals surface area contributed by atoms with Crippen LogP contribution in [0, 0.1) is 11.6 Å². The number of hydrogen-bond acceptors (Lipinski definition) is 5. The fourth-order valence-electron chi connectivity index (χ4n) is 3.11. The first kappa shape index (κ1) is 20.0. The van der Waals surface area contributed by atoms with Crippen LogP contribution in [0.1, 0.15) is 5.56 Å². The van der Waals surface area contributed by atoms with Crippen molar-refractivity contribution in [1.29, 1.82) is 0 Å². The molecule has 4 rings (SSSR count). The molecule has 0 aliphatic carbocycles. The molecule has 154 valence electrons. The number of aromatic nitrogens is 1. The van der Waals surface area contributed by atoms with Gasteiger partial charge in [-0.1, -0.05) is 17.3 Å². The molecule has 0 fully saturated rings. The van der Waals surface area contributed by atoms with Gasteiger partial charge in [0.05, 0.1) is 0 Å². The maximum absolute atomic E-state index is 13.3. The highest BCUT2D eigenvalue weighted by Gasteiger charge is 2.12. The van der Waals surface area contributed by atoms with E-state index < -0.39 is 6.10 Å². The average molecular weight is 410 g/mol. The molecule has 0 aliphatic rings. The van der Waals surface area contributed by atoms with Crippen LogP contribution in [-0.4, -0.2) is 29.5 Å². The minimum atomic E-state index is -0.715. The van der Waals surface area contributed by atoms with Gasteiger partial charge in [-0.05, 0) is 54.1 Å². The number of benzene rings is 3. The molecule has 5 nitrogen and oxygen atoms in total. The van der Waals surface area contributed by atoms with Crippen LogP contribution in [-0.2, 0) is 6.54 Å². The first-order valence-corrected chi connectivity index (χ1v) is 9.50. The molecule has 0 amide bonds. The zero-order valence-corrected chi connectivity index (χ0v) is 16.0. The largest absolute Gasteiger partial charge is 0.491 e. The van der Waals surface area contributed by atoms with Crippen molar-refractivity contribution in [3.8, 4) is 17.0 Å². The van der Waals surface area contributed by atoms with E-state index in [9.17, 15) is 13.9 Å². The Kier molecular flexibility index (Phi) is 6.02. The summed E-state index contributed by atoms with van der Waals surface area (Å²) in [6, 6.07) is 17.8. The topological polar surface area (TPSA) is 67.5 Å². The average Bonchev–Trinajstić information content (AvgIpc) is 3.16. The van der Waals surface area contributed by atoms with Crippen molar-refractivity contribution < 1.29 is 23.1 Å². The van der Waals surface area contributed by atoms with Crippen LogP contribution in [0.2, 0.25) is 0 Å². The van der Waals surface area contributed by atoms with Crippen molar-refractivity contribution in [2.24, 2.45) is 0 Å². The van der Waals surface area contributed by atoms with E-state index in [-0.39, 0.29) is 18.2 Å². The Balaban J connectivity index is 1.29. The summed E-state index contributed by atoms with van der Waals surface area (Å²) >= 11 is 0. The van der Waals surface area contributed by atoms with Gasteiger partial charge in [0, 0.05) is 30.1 Å². The van der Waals surface area contributed by atoms with Crippen molar-refractivity contribution in [2.75, 3.05) is 13.2 Å². The maximum atomic E-state index is 13.3. The van der Waals surface area contributed by atoms with Crippen LogP contribution in [0.15, 0.2) is 71.3 Å². The molecule has 1 unspecified atom stereocenters. The highest BCUT2D eigenvalue weighted by molar-refractivity contribution is 5.91. The molecule has 0 bridgehead atoms. The number of nitrogens with one attached hydrogen (secondary N) is 1. The van der Waals surface area contributed by atoms with Gasteiger partial charge in [0.15, 0.2) is 5.58 Å². The van der Waals surface area contributed by atoms with E-state index in [0.29, 0.717) is 30.1 Å². The molecule has 3 aromatic carbocycles. The minimum Gasteiger partial charge on any atom is -0.491 e. The van der Waals surface area contributed by atoms with Crippen molar-refractivity contribution >= 4 is 11.0 Å². The number of nitrogens with zero attached hydrogens (tertiary/aromatic N) is 1. The molecule has 1 heterocycles. The number of aliphatic hydroxyl groups is 1. The summed E-state index contributed by atoms with van der Waals surface area (Å²) in [7, 11) is 0. The molecule has 1 atom stereocenters. The Morgan fingerprint density at radius 2 is 1.80 bits per heavy atom. The lowest BCUT2D eigenvalue weighted by molar-refractivity contribution is 0.106. The first-order valence-electron chi connectivity index (χ1n) is 9.50. The first-order chi connectivity index (χ1) is 14.6. The SMILES string of the molecule is OC(CNCc1cccc(F)c1)COc1ccc(-c2noc3cc(F)ccc23)cc1. The van der Waals surface area contributed by atoms with Gasteiger partial charge in [0.25, 0.3) is 0 Å². The molecule has 7 heteroatoms. The quantitative estimate of drug-likeness (QED) is 0.453. The minimum absolute atomic E-state index is 0.113. The second kappa shape index (κ2) is 9.02. The summed E-state index contributed by atoms with van der Waals surface area (Å²) < 4.78 is 37.2. The number of ether oxygens (including phenoxy) is 1. The molecular formula is C23H20F2N2O3. The second-order valence-corrected chi connectivity index (χ2v) is 6.92. The molecule has 4 aromatic rings. The van der Waals surface area contributed by atoms with Gasteiger partial charge in [-0.3, -0.25) is 0 Å². The van der Waals surface area contributed by atoms with Crippen LogP contribution in [0.4, 0.5) is 8.78 Å². The van der Waals surface area contributed by atoms with E-state index in [1.165, 1.54) is 24.3 Å². The van der Waals surface area contributed by atoms with E-state index in [0.717, 1.165) is 16.5 Å². The van der Waals surface area contributed by atoms with E-state index in [2.05, 4.69) is 10.5 Å². The van der Waals surface area contributed by atoms with Crippen LogP contribution in [0.25, 0.3) is 22.2 Å². The molecule has 2 N–H and O–H groups in total. The van der Waals surface area contributed by atoms with Crippen molar-refractivity contribution in [2.45, 2.75) is 12.6 Å². The fraction of sp³-hybridized carbons (Fsp3) is 0.174. The molecule has 0 aliphatic heterocycles. The summed E-state index contributed by atoms with van der Waals surface area (Å²) in [5, 5.41) is 17.9. The summed E-state index contributed by atoms with van der Waals surface area (Å²) in [5.74, 6) is -0.0629. The predicted molar refractivity (Wildman–Crippen MR) is 109 cm³/mol. The summed E-state index contributed by atoms with van der Waals surface area (Å²) in [4.78, 5) is 0. The van der Waals surface area contributed by atoms with Gasteiger partial charge < -0.3 is 19.7 Å². The number of halogens is 2. The van der Waals surface area contributed by atoms with Crippen LogP contribution >= 0.6 is 0 Å². The Bertz CT molecular complexity index is 1130. The maximum Gasteiger partial charge on any atom is 0.170 e. The van der Waals surface area contributed by atoms with Gasteiger partial charge in [-0.25, -0.2) is 8.78 Å². The number of fused-ring (bicyclic) bond motifs is 1. The van der Waals surface area contributed by atoms with Gasteiger partial charge in [-0.2, -0.15) is 0 Å². The van der Waals surface area contributed by atoms with Gasteiger partial charge in [-0.15, -0.1) is 0 Å². The van der Waals surface area contributed by atoms with Crippen LogP contribution < -0.4 is 10.1 Å². The summed E-state index contributed by atoms with van der Waals surface area (Å²) in [5.41, 5.74) is 2.63. The molecule has 0 spiro atoms. The Morgan fingerprint density at radius 3 is 2.60 bits per heavy atom. The molecule has 1 aromatic heterocycles. The third-order valence-electron chi connectivity index (χ3n) is 4.60. The highest BCUT2D eigenvalue weighted by Crippen LogP contribution is 2.29. The van der Waals surface area contributed by atoms with Gasteiger partial charge >= 0.3 is 0 Å². The smallest absolute Gasteiger partial charge is 0.170 e. The second-order valence-electron chi connectivity index (χ2n) is 6.92. The third kappa shape index (κ3) is 4.82. The predicted octanol–water partition coefficient (Wildman–Crippen LogP) is 4.30. The molecular weight excluding hydrogens is 390 g/mol. The Hall–Kier alpha value is -3.29. The van der Waals surface area contributed by atoms with E-state index in [4.69, 9.17) is 9.26 Å². The molecule has 0 saturated carbocycles. The van der Waals surface area contributed by atoms with Crippen molar-refractivity contribution in [3.63, 3.8) is 0 Å². The molecule has 0 saturated heterocycles. The van der Waals surface area contributed by atoms with E-state index in [1.807, 2.05) is 18.2 Å². The van der Waals surface area contributed by atoms with Gasteiger partial charge in [0.2, 0.25) is 0 Å². The molecule has 0 radical (unpaired) electrons. The fourth-order valence-corrected chi connectivity index (χ4v) is 3.11. The normalized spacial score (nSPS) is 12.2. The van der Waals surface area contributed by atoms with Crippen molar-refractivity contribution in [3.05, 3.63) is 83.9 Å². The zero-order valence-electron chi connectivity index (χ0n) is 16.0. The standard InChI is InChI=1S/C23H20F2N2O3/c24-17-3-1-2-15(10-17)12-26-13-19(28)14-29-20-7-4-16(5-8-20)23-21-9-6-18(25)11-22(21)30-27-23/h1-11,19,26,28H,12-14H2.